The van der Waals surface area contributed by atoms with E-state index >= 15 is 0 Å². The van der Waals surface area contributed by atoms with Crippen LogP contribution in [0.2, 0.25) is 0 Å². The van der Waals surface area contributed by atoms with Gasteiger partial charge in [-0.25, -0.2) is 19.9 Å². The van der Waals surface area contributed by atoms with Gasteiger partial charge in [0.1, 0.15) is 41.0 Å². The molecule has 0 bridgehead atoms. The Hall–Kier alpha value is -5.42. The minimum atomic E-state index is -0.128. The average molecular weight is 526 g/mol. The highest BCUT2D eigenvalue weighted by Crippen LogP contribution is 2.38. The van der Waals surface area contributed by atoms with Gasteiger partial charge in [0.2, 0.25) is 0 Å². The standard InChI is InChI=1S/C26H8BrN9/c27-13-5-6-23-15(7-13)14-3-1-2-4-22(14)36(23)26-24-16(32-18(9-28)20(11-30)34-24)8-17-25(26)35-21(12-31)19(10-29)33-17/h1-8H. The number of nitriles is 4. The van der Waals surface area contributed by atoms with E-state index in [9.17, 15) is 21.0 Å². The van der Waals surface area contributed by atoms with Crippen molar-refractivity contribution >= 4 is 59.8 Å². The lowest BCUT2D eigenvalue weighted by atomic mass is 10.1. The second kappa shape index (κ2) is 7.82. The molecular weight excluding hydrogens is 518 g/mol. The minimum absolute atomic E-state index is 0.122. The summed E-state index contributed by atoms with van der Waals surface area (Å²) >= 11 is 3.55. The van der Waals surface area contributed by atoms with Gasteiger partial charge in [0.05, 0.1) is 22.1 Å². The maximum atomic E-state index is 9.65. The number of benzene rings is 3. The number of rotatable bonds is 1. The maximum Gasteiger partial charge on any atom is 0.177 e. The van der Waals surface area contributed by atoms with Gasteiger partial charge in [0, 0.05) is 15.2 Å². The molecule has 9 nitrogen and oxygen atoms in total. The van der Waals surface area contributed by atoms with E-state index in [1.165, 1.54) is 0 Å². The van der Waals surface area contributed by atoms with E-state index in [1.807, 2.05) is 71.3 Å². The summed E-state index contributed by atoms with van der Waals surface area (Å²) in [7, 11) is 0. The fraction of sp³-hybridized carbons (Fsp3) is 0. The molecule has 0 unspecified atom stereocenters. The molecular formula is C26H8BrN9. The lowest BCUT2D eigenvalue weighted by molar-refractivity contribution is 1.13. The zero-order valence-corrected chi connectivity index (χ0v) is 19.6. The highest BCUT2D eigenvalue weighted by atomic mass is 79.9. The summed E-state index contributed by atoms with van der Waals surface area (Å²) in [6, 6.07) is 22.9. The molecule has 0 aliphatic rings. The van der Waals surface area contributed by atoms with Crippen LogP contribution in [-0.4, -0.2) is 24.5 Å². The van der Waals surface area contributed by atoms with Crippen LogP contribution in [0.25, 0.3) is 49.6 Å². The number of halogens is 1. The van der Waals surface area contributed by atoms with E-state index in [0.717, 1.165) is 26.3 Å². The van der Waals surface area contributed by atoms with Crippen molar-refractivity contribution in [1.82, 2.24) is 24.5 Å². The molecule has 6 rings (SSSR count). The first kappa shape index (κ1) is 21.1. The van der Waals surface area contributed by atoms with Gasteiger partial charge in [-0.1, -0.05) is 34.1 Å². The number of fused-ring (bicyclic) bond motifs is 5. The van der Waals surface area contributed by atoms with Crippen molar-refractivity contribution in [2.45, 2.75) is 0 Å². The summed E-state index contributed by atoms with van der Waals surface area (Å²) in [6.07, 6.45) is 0. The Balaban J connectivity index is 1.93. The van der Waals surface area contributed by atoms with Crippen LogP contribution in [0.15, 0.2) is 53.0 Å². The Labute approximate surface area is 210 Å². The molecule has 0 atom stereocenters. The van der Waals surface area contributed by atoms with E-state index in [0.29, 0.717) is 27.8 Å². The molecule has 0 aliphatic carbocycles. The number of para-hydroxylation sites is 1. The molecule has 0 amide bonds. The Kier molecular flexibility index (Phi) is 4.59. The molecule has 0 spiro atoms. The second-order valence-electron chi connectivity index (χ2n) is 7.76. The third-order valence-corrected chi connectivity index (χ3v) is 6.34. The van der Waals surface area contributed by atoms with Crippen molar-refractivity contribution in [3.05, 3.63) is 75.8 Å². The zero-order chi connectivity index (χ0) is 25.0. The largest absolute Gasteiger partial charge is 0.305 e. The summed E-state index contributed by atoms with van der Waals surface area (Å²) in [5.74, 6) is 0. The van der Waals surface area contributed by atoms with E-state index in [2.05, 4.69) is 35.9 Å². The molecule has 0 saturated carbocycles. The van der Waals surface area contributed by atoms with Gasteiger partial charge >= 0.3 is 0 Å². The lowest BCUT2D eigenvalue weighted by Crippen LogP contribution is -2.06. The third-order valence-electron chi connectivity index (χ3n) is 5.85. The van der Waals surface area contributed by atoms with E-state index < -0.39 is 0 Å². The Bertz CT molecular complexity index is 2030. The normalized spacial score (nSPS) is 10.8. The van der Waals surface area contributed by atoms with E-state index in [1.54, 1.807) is 6.07 Å². The summed E-state index contributed by atoms with van der Waals surface area (Å²) < 4.78 is 2.84. The average Bonchev–Trinajstić information content (AvgIpc) is 3.23. The van der Waals surface area contributed by atoms with Gasteiger partial charge in [0.25, 0.3) is 0 Å². The van der Waals surface area contributed by atoms with Gasteiger partial charge in [-0.15, -0.1) is 0 Å². The fourth-order valence-electron chi connectivity index (χ4n) is 4.40. The van der Waals surface area contributed by atoms with Crippen LogP contribution in [-0.2, 0) is 0 Å². The van der Waals surface area contributed by atoms with Gasteiger partial charge in [-0.3, -0.25) is 0 Å². The van der Waals surface area contributed by atoms with Gasteiger partial charge in [-0.2, -0.15) is 21.0 Å². The molecule has 0 aliphatic heterocycles. The van der Waals surface area contributed by atoms with Crippen LogP contribution in [0.4, 0.5) is 0 Å². The maximum absolute atomic E-state index is 9.65. The summed E-state index contributed by atoms with van der Waals surface area (Å²) in [5.41, 5.74) is 2.82. The van der Waals surface area contributed by atoms with Crippen LogP contribution in [0.3, 0.4) is 0 Å². The van der Waals surface area contributed by atoms with Crippen molar-refractivity contribution in [2.75, 3.05) is 0 Å². The van der Waals surface area contributed by atoms with Crippen LogP contribution in [0.5, 0.6) is 0 Å². The molecule has 0 radical (unpaired) electrons. The predicted molar refractivity (Wildman–Crippen MR) is 134 cm³/mol. The lowest BCUT2D eigenvalue weighted by Gasteiger charge is -2.14. The molecule has 36 heavy (non-hydrogen) atoms. The topological polar surface area (TPSA) is 152 Å². The number of hydrogen-bond acceptors (Lipinski definition) is 8. The van der Waals surface area contributed by atoms with Crippen LogP contribution < -0.4 is 0 Å². The van der Waals surface area contributed by atoms with Crippen molar-refractivity contribution < 1.29 is 0 Å². The Morgan fingerprint density at radius 3 is 1.72 bits per heavy atom. The predicted octanol–water partition coefficient (Wildman–Crippen LogP) is 4.92. The molecule has 164 valence electrons. The van der Waals surface area contributed by atoms with E-state index in [-0.39, 0.29) is 22.8 Å². The van der Waals surface area contributed by atoms with Crippen molar-refractivity contribution in [1.29, 1.82) is 21.0 Å². The molecule has 6 aromatic rings. The molecule has 0 N–H and O–H groups in total. The highest BCUT2D eigenvalue weighted by Gasteiger charge is 2.23. The molecule has 10 heteroatoms. The minimum Gasteiger partial charge on any atom is -0.305 e. The molecule has 3 aromatic carbocycles. The van der Waals surface area contributed by atoms with Crippen molar-refractivity contribution in [3.8, 4) is 30.0 Å². The van der Waals surface area contributed by atoms with Gasteiger partial charge < -0.3 is 4.57 Å². The first-order valence-corrected chi connectivity index (χ1v) is 11.2. The number of nitrogens with zero attached hydrogens (tertiary/aromatic N) is 9. The SMILES string of the molecule is N#Cc1nc2cc3nc(C#N)c(C#N)nc3c(-n3c4ccccc4c4cc(Br)ccc43)c2nc1C#N. The number of hydrogen-bond donors (Lipinski definition) is 0. The number of aromatic nitrogens is 5. The molecule has 0 saturated heterocycles. The summed E-state index contributed by atoms with van der Waals surface area (Å²) in [5, 5.41) is 40.2. The smallest absolute Gasteiger partial charge is 0.177 e. The second-order valence-corrected chi connectivity index (χ2v) is 8.68. The Morgan fingerprint density at radius 1 is 0.611 bits per heavy atom. The molecule has 0 fully saturated rings. The highest BCUT2D eigenvalue weighted by molar-refractivity contribution is 9.10. The first-order valence-electron chi connectivity index (χ1n) is 10.4. The molecule has 3 aromatic heterocycles. The van der Waals surface area contributed by atoms with Crippen LogP contribution in [0.1, 0.15) is 22.8 Å². The monoisotopic (exact) mass is 525 g/mol. The first-order chi connectivity index (χ1) is 17.6. The van der Waals surface area contributed by atoms with Crippen LogP contribution in [0, 0.1) is 45.3 Å². The van der Waals surface area contributed by atoms with E-state index in [4.69, 9.17) is 0 Å². The van der Waals surface area contributed by atoms with Gasteiger partial charge in [0.15, 0.2) is 22.8 Å². The quantitative estimate of drug-likeness (QED) is 0.274. The van der Waals surface area contributed by atoms with Gasteiger partial charge in [-0.05, 0) is 30.3 Å². The van der Waals surface area contributed by atoms with Crippen molar-refractivity contribution in [2.24, 2.45) is 0 Å². The summed E-state index contributed by atoms with van der Waals surface area (Å²) in [4.78, 5) is 17.8. The fourth-order valence-corrected chi connectivity index (χ4v) is 4.76. The molecule has 3 heterocycles. The third kappa shape index (κ3) is 2.90. The Morgan fingerprint density at radius 2 is 1.14 bits per heavy atom. The van der Waals surface area contributed by atoms with Crippen LogP contribution >= 0.6 is 15.9 Å². The zero-order valence-electron chi connectivity index (χ0n) is 18.0. The summed E-state index contributed by atoms with van der Waals surface area (Å²) in [6.45, 7) is 0. The van der Waals surface area contributed by atoms with Crippen molar-refractivity contribution in [3.63, 3.8) is 0 Å².